The number of terminal acetylenes is 1. The standard InChI is InChI=1S/C13H11N5O3/c1-2-7-17(8-12(19)20)13(21)10-3-5-11(6-4-10)18-9-14-15-16-18/h1,3-6,9H,7-8H2,(H,19,20). The Morgan fingerprint density at radius 1 is 1.33 bits per heavy atom. The number of rotatable bonds is 5. The lowest BCUT2D eigenvalue weighted by atomic mass is 10.2. The molecular formula is C13H11N5O3. The molecule has 0 aliphatic rings. The first-order valence-corrected chi connectivity index (χ1v) is 5.90. The molecule has 0 fully saturated rings. The van der Waals surface area contributed by atoms with Gasteiger partial charge in [-0.25, -0.2) is 4.68 Å². The summed E-state index contributed by atoms with van der Waals surface area (Å²) in [6, 6.07) is 6.42. The Morgan fingerprint density at radius 2 is 2.05 bits per heavy atom. The molecule has 1 amide bonds. The molecule has 0 aliphatic heterocycles. The second kappa shape index (κ2) is 6.29. The van der Waals surface area contributed by atoms with Crippen molar-refractivity contribution in [3.8, 4) is 18.0 Å². The molecule has 0 saturated carbocycles. The molecule has 0 saturated heterocycles. The van der Waals surface area contributed by atoms with Crippen molar-refractivity contribution in [2.75, 3.05) is 13.1 Å². The van der Waals surface area contributed by atoms with Crippen LogP contribution in [0.5, 0.6) is 0 Å². The first-order valence-electron chi connectivity index (χ1n) is 5.90. The lowest BCUT2D eigenvalue weighted by Crippen LogP contribution is -2.35. The molecule has 8 nitrogen and oxygen atoms in total. The number of carbonyl (C=O) groups excluding carboxylic acids is 1. The van der Waals surface area contributed by atoms with Gasteiger partial charge in [-0.2, -0.15) is 0 Å². The summed E-state index contributed by atoms with van der Waals surface area (Å²) in [6.07, 6.45) is 6.57. The molecule has 0 unspecified atom stereocenters. The average Bonchev–Trinajstić information content (AvgIpc) is 3.00. The van der Waals surface area contributed by atoms with Crippen LogP contribution in [0.25, 0.3) is 5.69 Å². The lowest BCUT2D eigenvalue weighted by Gasteiger charge is -2.17. The predicted molar refractivity (Wildman–Crippen MR) is 71.5 cm³/mol. The molecule has 0 bridgehead atoms. The van der Waals surface area contributed by atoms with E-state index < -0.39 is 18.4 Å². The monoisotopic (exact) mass is 285 g/mol. The van der Waals surface area contributed by atoms with E-state index in [9.17, 15) is 9.59 Å². The van der Waals surface area contributed by atoms with Crippen molar-refractivity contribution < 1.29 is 14.7 Å². The summed E-state index contributed by atoms with van der Waals surface area (Å²) in [7, 11) is 0. The van der Waals surface area contributed by atoms with Crippen LogP contribution in [0.15, 0.2) is 30.6 Å². The zero-order valence-electron chi connectivity index (χ0n) is 10.9. The van der Waals surface area contributed by atoms with Crippen LogP contribution in [0.4, 0.5) is 0 Å². The van der Waals surface area contributed by atoms with Crippen LogP contribution in [0.1, 0.15) is 10.4 Å². The van der Waals surface area contributed by atoms with Crippen LogP contribution < -0.4 is 0 Å². The summed E-state index contributed by atoms with van der Waals surface area (Å²) < 4.78 is 1.44. The Hall–Kier alpha value is -3.21. The molecule has 106 valence electrons. The number of aliphatic carboxylic acids is 1. The van der Waals surface area contributed by atoms with E-state index in [1.807, 2.05) is 0 Å². The van der Waals surface area contributed by atoms with Gasteiger partial charge in [0.25, 0.3) is 5.91 Å². The average molecular weight is 285 g/mol. The van der Waals surface area contributed by atoms with Crippen LogP contribution >= 0.6 is 0 Å². The molecule has 8 heteroatoms. The number of tetrazole rings is 1. The van der Waals surface area contributed by atoms with Gasteiger partial charge in [-0.05, 0) is 34.7 Å². The largest absolute Gasteiger partial charge is 0.480 e. The van der Waals surface area contributed by atoms with Gasteiger partial charge < -0.3 is 10.0 Å². The first-order chi connectivity index (χ1) is 10.1. The summed E-state index contributed by atoms with van der Waals surface area (Å²) in [4.78, 5) is 24.0. The van der Waals surface area contributed by atoms with Gasteiger partial charge in [0.05, 0.1) is 12.2 Å². The molecule has 2 rings (SSSR count). The molecular weight excluding hydrogens is 274 g/mol. The number of hydrogen-bond acceptors (Lipinski definition) is 5. The zero-order chi connectivity index (χ0) is 15.2. The highest BCUT2D eigenvalue weighted by molar-refractivity contribution is 5.96. The number of nitrogens with zero attached hydrogens (tertiary/aromatic N) is 5. The van der Waals surface area contributed by atoms with Crippen LogP contribution in [0.2, 0.25) is 0 Å². The number of amides is 1. The minimum absolute atomic E-state index is 0.0696. The van der Waals surface area contributed by atoms with Gasteiger partial charge in [0.2, 0.25) is 0 Å². The molecule has 1 aromatic heterocycles. The Kier molecular flexibility index (Phi) is 4.26. The fourth-order valence-electron chi connectivity index (χ4n) is 1.69. The van der Waals surface area contributed by atoms with Gasteiger partial charge in [-0.1, -0.05) is 5.92 Å². The third-order valence-electron chi connectivity index (χ3n) is 2.62. The van der Waals surface area contributed by atoms with Gasteiger partial charge in [-0.3, -0.25) is 9.59 Å². The summed E-state index contributed by atoms with van der Waals surface area (Å²) in [5.74, 6) is 0.702. The Labute approximate surface area is 120 Å². The van der Waals surface area contributed by atoms with Crippen molar-refractivity contribution in [2.24, 2.45) is 0 Å². The number of carbonyl (C=O) groups is 2. The first kappa shape index (κ1) is 14.2. The van der Waals surface area contributed by atoms with Crippen LogP contribution in [0.3, 0.4) is 0 Å². The van der Waals surface area contributed by atoms with Gasteiger partial charge in [0, 0.05) is 5.56 Å². The Bertz CT molecular complexity index is 673. The molecule has 0 atom stereocenters. The summed E-state index contributed by atoms with van der Waals surface area (Å²) in [5, 5.41) is 19.5. The highest BCUT2D eigenvalue weighted by Gasteiger charge is 2.17. The van der Waals surface area contributed by atoms with E-state index in [0.29, 0.717) is 11.3 Å². The number of aromatic nitrogens is 4. The Balaban J connectivity index is 2.18. The van der Waals surface area contributed by atoms with Crippen LogP contribution in [-0.4, -0.2) is 55.2 Å². The summed E-state index contributed by atoms with van der Waals surface area (Å²) in [5.41, 5.74) is 1.02. The van der Waals surface area contributed by atoms with Gasteiger partial charge in [-0.15, -0.1) is 11.5 Å². The van der Waals surface area contributed by atoms with Crippen molar-refractivity contribution in [3.05, 3.63) is 36.2 Å². The number of carboxylic acid groups (broad SMARTS) is 1. The van der Waals surface area contributed by atoms with Crippen molar-refractivity contribution in [1.29, 1.82) is 0 Å². The van der Waals surface area contributed by atoms with Crippen LogP contribution in [-0.2, 0) is 4.79 Å². The van der Waals surface area contributed by atoms with Crippen molar-refractivity contribution in [3.63, 3.8) is 0 Å². The van der Waals surface area contributed by atoms with E-state index in [4.69, 9.17) is 11.5 Å². The van der Waals surface area contributed by atoms with Gasteiger partial charge in [0.15, 0.2) is 0 Å². The van der Waals surface area contributed by atoms with E-state index in [1.54, 1.807) is 24.3 Å². The van der Waals surface area contributed by atoms with Gasteiger partial charge >= 0.3 is 5.97 Å². The third kappa shape index (κ3) is 3.42. The number of hydrogen-bond donors (Lipinski definition) is 1. The second-order valence-corrected chi connectivity index (χ2v) is 4.06. The molecule has 0 aliphatic carbocycles. The number of carboxylic acids is 1. The SMILES string of the molecule is C#CCN(CC(=O)O)C(=O)c1ccc(-n2cnnn2)cc1. The summed E-state index contributed by atoms with van der Waals surface area (Å²) in [6.45, 7) is -0.516. The van der Waals surface area contributed by atoms with Crippen molar-refractivity contribution in [1.82, 2.24) is 25.1 Å². The molecule has 1 N–H and O–H groups in total. The normalized spacial score (nSPS) is 9.86. The molecule has 21 heavy (non-hydrogen) atoms. The Morgan fingerprint density at radius 3 is 2.57 bits per heavy atom. The minimum atomic E-state index is -1.12. The zero-order valence-corrected chi connectivity index (χ0v) is 10.9. The van der Waals surface area contributed by atoms with Crippen molar-refractivity contribution in [2.45, 2.75) is 0 Å². The fourth-order valence-corrected chi connectivity index (χ4v) is 1.69. The third-order valence-corrected chi connectivity index (χ3v) is 2.62. The molecule has 0 radical (unpaired) electrons. The van der Waals surface area contributed by atoms with E-state index in [-0.39, 0.29) is 6.54 Å². The predicted octanol–water partition coefficient (Wildman–Crippen LogP) is -0.178. The maximum Gasteiger partial charge on any atom is 0.323 e. The highest BCUT2D eigenvalue weighted by Crippen LogP contribution is 2.10. The van der Waals surface area contributed by atoms with Gasteiger partial charge in [0.1, 0.15) is 12.9 Å². The lowest BCUT2D eigenvalue weighted by molar-refractivity contribution is -0.137. The van der Waals surface area contributed by atoms with E-state index in [1.165, 1.54) is 11.0 Å². The quantitative estimate of drug-likeness (QED) is 0.765. The second-order valence-electron chi connectivity index (χ2n) is 4.06. The maximum atomic E-state index is 12.2. The minimum Gasteiger partial charge on any atom is -0.480 e. The molecule has 0 spiro atoms. The highest BCUT2D eigenvalue weighted by atomic mass is 16.4. The molecule has 2 aromatic rings. The van der Waals surface area contributed by atoms with E-state index >= 15 is 0 Å². The van der Waals surface area contributed by atoms with Crippen molar-refractivity contribution >= 4 is 11.9 Å². The number of benzene rings is 1. The summed E-state index contributed by atoms with van der Waals surface area (Å²) >= 11 is 0. The molecule has 1 aromatic carbocycles. The van der Waals surface area contributed by atoms with E-state index in [0.717, 1.165) is 4.90 Å². The van der Waals surface area contributed by atoms with Crippen LogP contribution in [0, 0.1) is 12.3 Å². The maximum absolute atomic E-state index is 12.2. The van der Waals surface area contributed by atoms with E-state index in [2.05, 4.69) is 21.4 Å². The molecule has 1 heterocycles. The fraction of sp³-hybridized carbons (Fsp3) is 0.154. The topological polar surface area (TPSA) is 101 Å². The smallest absolute Gasteiger partial charge is 0.323 e.